The van der Waals surface area contributed by atoms with Crippen molar-refractivity contribution in [2.75, 3.05) is 46.8 Å². The molecule has 1 amide bonds. The summed E-state index contributed by atoms with van der Waals surface area (Å²) in [5.41, 5.74) is 0. The first kappa shape index (κ1) is 13.5. The SMILES string of the molecule is CCN(CCCN(C)C)C(=O)C1CCNC1. The number of hydrogen-bond donors (Lipinski definition) is 1. The average molecular weight is 227 g/mol. The van der Waals surface area contributed by atoms with E-state index in [2.05, 4.69) is 31.2 Å². The van der Waals surface area contributed by atoms with E-state index in [1.165, 1.54) is 0 Å². The lowest BCUT2D eigenvalue weighted by Gasteiger charge is -2.24. The molecule has 0 saturated carbocycles. The van der Waals surface area contributed by atoms with Crippen molar-refractivity contribution in [1.29, 1.82) is 0 Å². The van der Waals surface area contributed by atoms with Gasteiger partial charge in [-0.25, -0.2) is 0 Å². The Labute approximate surface area is 99.0 Å². The van der Waals surface area contributed by atoms with Crippen molar-refractivity contribution in [3.8, 4) is 0 Å². The summed E-state index contributed by atoms with van der Waals surface area (Å²) in [7, 11) is 4.14. The minimum Gasteiger partial charge on any atom is -0.343 e. The van der Waals surface area contributed by atoms with Gasteiger partial charge in [0.15, 0.2) is 0 Å². The maximum Gasteiger partial charge on any atom is 0.227 e. The van der Waals surface area contributed by atoms with Gasteiger partial charge in [-0.05, 0) is 47.0 Å². The van der Waals surface area contributed by atoms with Crippen LogP contribution in [0, 0.1) is 5.92 Å². The maximum absolute atomic E-state index is 12.1. The molecule has 0 spiro atoms. The fourth-order valence-electron chi connectivity index (χ4n) is 2.13. The summed E-state index contributed by atoms with van der Waals surface area (Å²) in [6.45, 7) is 6.70. The van der Waals surface area contributed by atoms with Gasteiger partial charge in [0.05, 0.1) is 5.92 Å². The monoisotopic (exact) mass is 227 g/mol. The third-order valence-corrected chi connectivity index (χ3v) is 3.14. The van der Waals surface area contributed by atoms with Gasteiger partial charge in [-0.1, -0.05) is 0 Å². The van der Waals surface area contributed by atoms with E-state index < -0.39 is 0 Å². The fourth-order valence-corrected chi connectivity index (χ4v) is 2.13. The predicted molar refractivity (Wildman–Crippen MR) is 66.4 cm³/mol. The highest BCUT2D eigenvalue weighted by molar-refractivity contribution is 5.79. The molecular weight excluding hydrogens is 202 g/mol. The minimum absolute atomic E-state index is 0.222. The zero-order valence-electron chi connectivity index (χ0n) is 10.8. The number of carbonyl (C=O) groups excluding carboxylic acids is 1. The second-order valence-corrected chi connectivity index (χ2v) is 4.76. The molecule has 1 aliphatic heterocycles. The highest BCUT2D eigenvalue weighted by Crippen LogP contribution is 2.11. The second-order valence-electron chi connectivity index (χ2n) is 4.76. The summed E-state index contributed by atoms with van der Waals surface area (Å²) in [6.07, 6.45) is 2.07. The molecule has 0 bridgehead atoms. The molecule has 16 heavy (non-hydrogen) atoms. The third-order valence-electron chi connectivity index (χ3n) is 3.14. The summed E-state index contributed by atoms with van der Waals surface area (Å²) < 4.78 is 0. The molecule has 1 aliphatic rings. The summed E-state index contributed by atoms with van der Waals surface area (Å²) in [5, 5.41) is 3.25. The van der Waals surface area contributed by atoms with Crippen LogP contribution in [0.3, 0.4) is 0 Å². The Balaban J connectivity index is 2.31. The first-order chi connectivity index (χ1) is 7.65. The van der Waals surface area contributed by atoms with E-state index in [9.17, 15) is 4.79 Å². The van der Waals surface area contributed by atoms with E-state index in [-0.39, 0.29) is 5.92 Å². The smallest absolute Gasteiger partial charge is 0.227 e. The van der Waals surface area contributed by atoms with Crippen molar-refractivity contribution < 1.29 is 4.79 Å². The molecular formula is C12H25N3O. The number of rotatable bonds is 6. The highest BCUT2D eigenvalue weighted by Gasteiger charge is 2.25. The van der Waals surface area contributed by atoms with Gasteiger partial charge in [0.1, 0.15) is 0 Å². The van der Waals surface area contributed by atoms with Gasteiger partial charge < -0.3 is 15.1 Å². The van der Waals surface area contributed by atoms with E-state index in [4.69, 9.17) is 0 Å². The largest absolute Gasteiger partial charge is 0.343 e. The zero-order valence-corrected chi connectivity index (χ0v) is 10.8. The summed E-state index contributed by atoms with van der Waals surface area (Å²) in [4.78, 5) is 16.3. The summed E-state index contributed by atoms with van der Waals surface area (Å²) in [6, 6.07) is 0. The Morgan fingerprint density at radius 1 is 1.38 bits per heavy atom. The van der Waals surface area contributed by atoms with Crippen molar-refractivity contribution >= 4 is 5.91 Å². The van der Waals surface area contributed by atoms with Gasteiger partial charge in [0.25, 0.3) is 0 Å². The Bertz CT molecular complexity index is 212. The molecule has 0 aromatic carbocycles. The minimum atomic E-state index is 0.222. The van der Waals surface area contributed by atoms with E-state index in [0.29, 0.717) is 5.91 Å². The first-order valence-electron chi connectivity index (χ1n) is 6.29. The van der Waals surface area contributed by atoms with Crippen molar-refractivity contribution in [1.82, 2.24) is 15.1 Å². The molecule has 1 atom stereocenters. The van der Waals surface area contributed by atoms with E-state index in [1.54, 1.807) is 0 Å². The normalized spacial score (nSPS) is 20.4. The molecule has 0 radical (unpaired) electrons. The van der Waals surface area contributed by atoms with Gasteiger partial charge >= 0.3 is 0 Å². The number of carbonyl (C=O) groups is 1. The molecule has 1 N–H and O–H groups in total. The zero-order chi connectivity index (χ0) is 12.0. The lowest BCUT2D eigenvalue weighted by molar-refractivity contribution is -0.134. The van der Waals surface area contributed by atoms with E-state index >= 15 is 0 Å². The molecule has 1 rings (SSSR count). The van der Waals surface area contributed by atoms with Crippen LogP contribution in [0.15, 0.2) is 0 Å². The third kappa shape index (κ3) is 4.10. The van der Waals surface area contributed by atoms with Crippen LogP contribution in [0.5, 0.6) is 0 Å². The number of hydrogen-bond acceptors (Lipinski definition) is 3. The van der Waals surface area contributed by atoms with Crippen LogP contribution >= 0.6 is 0 Å². The van der Waals surface area contributed by atoms with E-state index in [1.807, 2.05) is 4.90 Å². The van der Waals surface area contributed by atoms with Crippen LogP contribution in [-0.2, 0) is 4.79 Å². The van der Waals surface area contributed by atoms with Crippen molar-refractivity contribution in [3.05, 3.63) is 0 Å². The molecule has 1 unspecified atom stereocenters. The average Bonchev–Trinajstić information content (AvgIpc) is 2.76. The predicted octanol–water partition coefficient (Wildman–Crippen LogP) is 0.396. The Morgan fingerprint density at radius 2 is 2.12 bits per heavy atom. The maximum atomic E-state index is 12.1. The van der Waals surface area contributed by atoms with Gasteiger partial charge in [-0.2, -0.15) is 0 Å². The fraction of sp³-hybridized carbons (Fsp3) is 0.917. The van der Waals surface area contributed by atoms with Crippen LogP contribution in [0.4, 0.5) is 0 Å². The van der Waals surface area contributed by atoms with Gasteiger partial charge in [0.2, 0.25) is 5.91 Å². The second kappa shape index (κ2) is 6.86. The quantitative estimate of drug-likeness (QED) is 0.713. The standard InChI is InChI=1S/C12H25N3O/c1-4-15(9-5-8-14(2)3)12(16)11-6-7-13-10-11/h11,13H,4-10H2,1-3H3. The topological polar surface area (TPSA) is 35.6 Å². The molecule has 0 aromatic heterocycles. The van der Waals surface area contributed by atoms with E-state index in [0.717, 1.165) is 45.6 Å². The van der Waals surface area contributed by atoms with Gasteiger partial charge in [0, 0.05) is 19.6 Å². The molecule has 4 nitrogen and oxygen atoms in total. The summed E-state index contributed by atoms with van der Waals surface area (Å²) >= 11 is 0. The molecule has 0 aromatic rings. The Kier molecular flexibility index (Phi) is 5.77. The van der Waals surface area contributed by atoms with Crippen LogP contribution in [0.25, 0.3) is 0 Å². The summed E-state index contributed by atoms with van der Waals surface area (Å²) in [5.74, 6) is 0.561. The van der Waals surface area contributed by atoms with Crippen LogP contribution in [-0.4, -0.2) is 62.5 Å². The highest BCUT2D eigenvalue weighted by atomic mass is 16.2. The Morgan fingerprint density at radius 3 is 2.62 bits per heavy atom. The lowest BCUT2D eigenvalue weighted by atomic mass is 10.1. The number of nitrogens with one attached hydrogen (secondary N) is 1. The molecule has 4 heteroatoms. The van der Waals surface area contributed by atoms with Crippen LogP contribution < -0.4 is 5.32 Å². The molecule has 94 valence electrons. The molecule has 1 saturated heterocycles. The molecule has 1 fully saturated rings. The van der Waals surface area contributed by atoms with Gasteiger partial charge in [-0.15, -0.1) is 0 Å². The van der Waals surface area contributed by atoms with Crippen LogP contribution in [0.1, 0.15) is 19.8 Å². The number of nitrogens with zero attached hydrogens (tertiary/aromatic N) is 2. The van der Waals surface area contributed by atoms with Crippen LogP contribution in [0.2, 0.25) is 0 Å². The Hall–Kier alpha value is -0.610. The molecule has 1 heterocycles. The van der Waals surface area contributed by atoms with Gasteiger partial charge in [-0.3, -0.25) is 4.79 Å². The molecule has 0 aliphatic carbocycles. The van der Waals surface area contributed by atoms with Crippen molar-refractivity contribution in [2.45, 2.75) is 19.8 Å². The van der Waals surface area contributed by atoms with Crippen molar-refractivity contribution in [2.24, 2.45) is 5.92 Å². The lowest BCUT2D eigenvalue weighted by Crippen LogP contribution is -2.38. The first-order valence-corrected chi connectivity index (χ1v) is 6.29. The number of amides is 1. The van der Waals surface area contributed by atoms with Crippen molar-refractivity contribution in [3.63, 3.8) is 0 Å².